The van der Waals surface area contributed by atoms with Gasteiger partial charge in [0, 0.05) is 55.8 Å². The summed E-state index contributed by atoms with van der Waals surface area (Å²) in [6.45, 7) is 7.69. The number of nitrogens with one attached hydrogen (secondary N) is 1. The molecule has 2 aliphatic rings. The molecule has 0 spiro atoms. The molecule has 0 radical (unpaired) electrons. The largest absolute Gasteiger partial charge is 0.353 e. The van der Waals surface area contributed by atoms with Crippen LogP contribution in [0.1, 0.15) is 62.4 Å². The molecule has 1 aliphatic carbocycles. The fourth-order valence-electron chi connectivity index (χ4n) is 6.66. The summed E-state index contributed by atoms with van der Waals surface area (Å²) in [6.07, 6.45) is 1.74. The number of rotatable bonds is 11. The molecule has 1 atom stereocenters. The van der Waals surface area contributed by atoms with Gasteiger partial charge in [-0.1, -0.05) is 36.4 Å². The summed E-state index contributed by atoms with van der Waals surface area (Å²) >= 11 is 0. The number of benzene rings is 2. The minimum Gasteiger partial charge on any atom is -0.353 e. The maximum Gasteiger partial charge on any atom is 0.248 e. The summed E-state index contributed by atoms with van der Waals surface area (Å²) in [5.41, 5.74) is 4.29. The van der Waals surface area contributed by atoms with E-state index in [1.165, 1.54) is 4.31 Å². The Labute approximate surface area is 265 Å². The Morgan fingerprint density at radius 3 is 2.22 bits per heavy atom. The third kappa shape index (κ3) is 8.30. The number of sulfonamides is 1. The van der Waals surface area contributed by atoms with Crippen molar-refractivity contribution in [3.05, 3.63) is 77.6 Å². The zero-order valence-electron chi connectivity index (χ0n) is 26.5. The van der Waals surface area contributed by atoms with E-state index in [4.69, 9.17) is 0 Å². The van der Waals surface area contributed by atoms with E-state index < -0.39 is 15.9 Å². The molecule has 5 rings (SSSR count). The number of piperidine rings is 1. The molecule has 1 amide bonds. The second kappa shape index (κ2) is 14.0. The monoisotopic (exact) mass is 641 g/mol. The van der Waals surface area contributed by atoms with Crippen LogP contribution < -0.4 is 9.62 Å². The van der Waals surface area contributed by atoms with Crippen molar-refractivity contribution in [2.75, 3.05) is 29.7 Å². The van der Waals surface area contributed by atoms with Crippen molar-refractivity contribution in [3.63, 3.8) is 0 Å². The maximum atomic E-state index is 13.7. The van der Waals surface area contributed by atoms with Crippen molar-refractivity contribution >= 4 is 21.6 Å². The highest BCUT2D eigenvalue weighted by Gasteiger charge is 2.38. The van der Waals surface area contributed by atoms with Gasteiger partial charge in [-0.25, -0.2) is 21.9 Å². The van der Waals surface area contributed by atoms with Crippen LogP contribution in [0.25, 0.3) is 5.69 Å². The first-order valence-corrected chi connectivity index (χ1v) is 17.6. The Morgan fingerprint density at radius 1 is 1.00 bits per heavy atom. The number of alkyl halides is 2. The van der Waals surface area contributed by atoms with E-state index in [9.17, 15) is 22.0 Å². The molecular weight excluding hydrogens is 596 g/mol. The zero-order chi connectivity index (χ0) is 32.2. The molecule has 1 saturated carbocycles. The fourth-order valence-corrected chi connectivity index (χ4v) is 8.65. The van der Waals surface area contributed by atoms with E-state index in [0.29, 0.717) is 5.69 Å². The molecule has 1 aromatic heterocycles. The molecule has 2 fully saturated rings. The SMILES string of the molecule is Cc1nn(-c2ccccc2)c(C)c1CC(=O)NC1CCN([C@H](C)CN(c2ccccc2)S(=O)(=O)CC2CCC(F)(F)CC2)CC1. The smallest absolute Gasteiger partial charge is 0.248 e. The van der Waals surface area contributed by atoms with Gasteiger partial charge in [-0.2, -0.15) is 5.10 Å². The molecule has 1 N–H and O–H groups in total. The molecule has 244 valence electrons. The van der Waals surface area contributed by atoms with Crippen LogP contribution in [0.2, 0.25) is 0 Å². The van der Waals surface area contributed by atoms with Gasteiger partial charge < -0.3 is 5.32 Å². The zero-order valence-corrected chi connectivity index (χ0v) is 27.3. The molecule has 2 heterocycles. The number of carbonyl (C=O) groups is 1. The van der Waals surface area contributed by atoms with Crippen LogP contribution in [0.5, 0.6) is 0 Å². The van der Waals surface area contributed by atoms with Crippen LogP contribution in [-0.4, -0.2) is 72.4 Å². The van der Waals surface area contributed by atoms with Crippen LogP contribution in [-0.2, 0) is 21.2 Å². The Kier molecular flexibility index (Phi) is 10.3. The van der Waals surface area contributed by atoms with E-state index >= 15 is 0 Å². The summed E-state index contributed by atoms with van der Waals surface area (Å²) in [5.74, 6) is -3.11. The number of hydrogen-bond acceptors (Lipinski definition) is 5. The van der Waals surface area contributed by atoms with Crippen molar-refractivity contribution < 1.29 is 22.0 Å². The maximum absolute atomic E-state index is 13.7. The molecule has 8 nitrogen and oxygen atoms in total. The molecular formula is C34H45F2N5O3S. The minimum absolute atomic E-state index is 0.0258. The van der Waals surface area contributed by atoms with Gasteiger partial charge in [0.1, 0.15) is 0 Å². The average Bonchev–Trinajstić information content (AvgIpc) is 3.30. The highest BCUT2D eigenvalue weighted by Crippen LogP contribution is 2.37. The van der Waals surface area contributed by atoms with Crippen molar-refractivity contribution in [1.29, 1.82) is 0 Å². The third-order valence-corrected chi connectivity index (χ3v) is 11.3. The lowest BCUT2D eigenvalue weighted by Crippen LogP contribution is -2.51. The molecule has 2 aromatic carbocycles. The number of amides is 1. The molecule has 0 bridgehead atoms. The first-order valence-electron chi connectivity index (χ1n) is 16.0. The lowest BCUT2D eigenvalue weighted by Gasteiger charge is -2.39. The van der Waals surface area contributed by atoms with Gasteiger partial charge in [0.25, 0.3) is 0 Å². The van der Waals surface area contributed by atoms with Crippen molar-refractivity contribution in [2.24, 2.45) is 5.92 Å². The van der Waals surface area contributed by atoms with E-state index in [2.05, 4.69) is 15.3 Å². The molecule has 0 unspecified atom stereocenters. The van der Waals surface area contributed by atoms with Gasteiger partial charge in [-0.3, -0.25) is 14.0 Å². The van der Waals surface area contributed by atoms with E-state index in [-0.39, 0.29) is 68.3 Å². The van der Waals surface area contributed by atoms with Crippen molar-refractivity contribution in [2.45, 2.75) is 83.7 Å². The Morgan fingerprint density at radius 2 is 1.60 bits per heavy atom. The summed E-state index contributed by atoms with van der Waals surface area (Å²) in [7, 11) is -3.73. The van der Waals surface area contributed by atoms with E-state index in [1.54, 1.807) is 12.1 Å². The Bertz CT molecular complexity index is 1530. The molecule has 45 heavy (non-hydrogen) atoms. The first-order chi connectivity index (χ1) is 21.4. The summed E-state index contributed by atoms with van der Waals surface area (Å²) in [5, 5.41) is 7.87. The number of likely N-dealkylation sites (tertiary alicyclic amines) is 1. The summed E-state index contributed by atoms with van der Waals surface area (Å²) < 4.78 is 58.2. The van der Waals surface area contributed by atoms with Gasteiger partial charge in [0.15, 0.2) is 0 Å². The van der Waals surface area contributed by atoms with Crippen LogP contribution in [0.4, 0.5) is 14.5 Å². The molecule has 1 aliphatic heterocycles. The fraction of sp³-hybridized carbons (Fsp3) is 0.529. The molecule has 3 aromatic rings. The van der Waals surface area contributed by atoms with Crippen LogP contribution >= 0.6 is 0 Å². The van der Waals surface area contributed by atoms with Gasteiger partial charge >= 0.3 is 0 Å². The topological polar surface area (TPSA) is 87.5 Å². The predicted molar refractivity (Wildman–Crippen MR) is 173 cm³/mol. The number of carbonyl (C=O) groups excluding carboxylic acids is 1. The summed E-state index contributed by atoms with van der Waals surface area (Å²) in [4.78, 5) is 15.4. The van der Waals surface area contributed by atoms with Crippen molar-refractivity contribution in [3.8, 4) is 5.69 Å². The number of anilines is 1. The number of aromatic nitrogens is 2. The number of aryl methyl sites for hydroxylation is 1. The Balaban J connectivity index is 1.16. The number of nitrogens with zero attached hydrogens (tertiary/aromatic N) is 4. The average molecular weight is 642 g/mol. The summed E-state index contributed by atoms with van der Waals surface area (Å²) in [6, 6.07) is 18.9. The highest BCUT2D eigenvalue weighted by molar-refractivity contribution is 7.92. The predicted octanol–water partition coefficient (Wildman–Crippen LogP) is 5.66. The normalized spacial score (nSPS) is 18.9. The lowest BCUT2D eigenvalue weighted by atomic mass is 9.88. The number of hydrogen-bond donors (Lipinski definition) is 1. The number of halogens is 2. The Hall–Kier alpha value is -3.31. The third-order valence-electron chi connectivity index (χ3n) is 9.39. The second-order valence-corrected chi connectivity index (χ2v) is 14.7. The first kappa shape index (κ1) is 33.1. The molecule has 1 saturated heterocycles. The minimum atomic E-state index is -3.73. The van der Waals surface area contributed by atoms with Gasteiger partial charge in [0.05, 0.1) is 29.2 Å². The van der Waals surface area contributed by atoms with Gasteiger partial charge in [0.2, 0.25) is 21.9 Å². The van der Waals surface area contributed by atoms with Crippen LogP contribution in [0, 0.1) is 19.8 Å². The van der Waals surface area contributed by atoms with Crippen molar-refractivity contribution in [1.82, 2.24) is 20.0 Å². The highest BCUT2D eigenvalue weighted by atomic mass is 32.2. The van der Waals surface area contributed by atoms with E-state index in [0.717, 1.165) is 48.6 Å². The standard InChI is InChI=1S/C34H45F2N5O3S/c1-25(23-40(30-10-6-4-7-11-30)45(43,44)24-28-14-18-34(35,36)19-15-28)39-20-16-29(17-21-39)37-33(42)22-32-26(2)38-41(27(32)3)31-12-8-5-9-13-31/h4-13,25,28-29H,14-24H2,1-3H3,(H,37,42)/t25-/m1/s1. The van der Waals surface area contributed by atoms with Gasteiger partial charge in [-0.05, 0) is 76.6 Å². The van der Waals surface area contributed by atoms with Crippen LogP contribution in [0.15, 0.2) is 60.7 Å². The van der Waals surface area contributed by atoms with E-state index in [1.807, 2.05) is 74.0 Å². The second-order valence-electron chi connectivity index (χ2n) is 12.7. The number of para-hydroxylation sites is 2. The molecule has 11 heteroatoms. The van der Waals surface area contributed by atoms with Crippen LogP contribution in [0.3, 0.4) is 0 Å². The van der Waals surface area contributed by atoms with Gasteiger partial charge in [-0.15, -0.1) is 0 Å². The quantitative estimate of drug-likeness (QED) is 0.292. The lowest BCUT2D eigenvalue weighted by molar-refractivity contribution is -0.121.